The van der Waals surface area contributed by atoms with Crippen LogP contribution in [0.2, 0.25) is 0 Å². The van der Waals surface area contributed by atoms with Gasteiger partial charge in [-0.15, -0.1) is 0 Å². The quantitative estimate of drug-likeness (QED) is 0.422. The van der Waals surface area contributed by atoms with E-state index in [0.29, 0.717) is 5.39 Å². The zero-order valence-corrected chi connectivity index (χ0v) is 17.6. The van der Waals surface area contributed by atoms with Crippen molar-refractivity contribution < 1.29 is 27.8 Å². The van der Waals surface area contributed by atoms with Crippen molar-refractivity contribution in [3.05, 3.63) is 69.4 Å². The number of aromatic nitrogens is 1. The van der Waals surface area contributed by atoms with E-state index in [1.165, 1.54) is 57.3 Å². The lowest BCUT2D eigenvalue weighted by Crippen LogP contribution is -2.58. The van der Waals surface area contributed by atoms with Crippen LogP contribution in [0.15, 0.2) is 41.3 Å². The van der Waals surface area contributed by atoms with Crippen molar-refractivity contribution in [2.24, 2.45) is 0 Å². The number of H-pyrrole nitrogens is 1. The average molecular weight is 450 g/mol. The van der Waals surface area contributed by atoms with E-state index in [1.807, 2.05) is 0 Å². The van der Waals surface area contributed by atoms with Crippen LogP contribution in [0.3, 0.4) is 0 Å². The molecule has 0 saturated heterocycles. The standard InChI is InChI=1S/C23H22F4N2O3/c1-11-9-14-16(18(30)17(11)24)21(2,3)10-22(32,23(25,26)27)19(14)29-15-6-4-5-13-12(15)7-8-28-20(13)31/h4-9,19,29-30,32H,10H2,1-3H3,(H,28,31). The monoisotopic (exact) mass is 450 g/mol. The highest BCUT2D eigenvalue weighted by Gasteiger charge is 2.64. The Morgan fingerprint density at radius 3 is 2.53 bits per heavy atom. The molecule has 2 atom stereocenters. The molecule has 4 N–H and O–H groups in total. The summed E-state index contributed by atoms with van der Waals surface area (Å²) in [6.45, 7) is 4.17. The SMILES string of the molecule is Cc1cc2c(c(O)c1F)C(C)(C)CC(O)(C(F)(F)F)C2Nc1cccc2c(=O)[nH]ccc12. The Morgan fingerprint density at radius 1 is 1.19 bits per heavy atom. The number of phenols is 1. The van der Waals surface area contributed by atoms with E-state index in [2.05, 4.69) is 10.3 Å². The van der Waals surface area contributed by atoms with E-state index in [9.17, 15) is 32.6 Å². The van der Waals surface area contributed by atoms with E-state index in [0.717, 1.165) is 0 Å². The molecule has 1 heterocycles. The van der Waals surface area contributed by atoms with Crippen LogP contribution in [0.4, 0.5) is 23.2 Å². The van der Waals surface area contributed by atoms with Gasteiger partial charge in [-0.05, 0) is 48.1 Å². The lowest BCUT2D eigenvalue weighted by Gasteiger charge is -2.49. The van der Waals surface area contributed by atoms with Gasteiger partial charge < -0.3 is 20.5 Å². The molecule has 5 nitrogen and oxygen atoms in total. The van der Waals surface area contributed by atoms with Crippen LogP contribution >= 0.6 is 0 Å². The smallest absolute Gasteiger partial charge is 0.419 e. The fraction of sp³-hybridized carbons (Fsp3) is 0.348. The molecule has 9 heteroatoms. The van der Waals surface area contributed by atoms with Crippen molar-refractivity contribution in [2.75, 3.05) is 5.32 Å². The Balaban J connectivity index is 2.01. The summed E-state index contributed by atoms with van der Waals surface area (Å²) in [5.74, 6) is -1.64. The van der Waals surface area contributed by atoms with Gasteiger partial charge in [0.25, 0.3) is 5.56 Å². The first-order valence-electron chi connectivity index (χ1n) is 9.96. The number of aliphatic hydroxyl groups is 1. The van der Waals surface area contributed by atoms with E-state index >= 15 is 0 Å². The van der Waals surface area contributed by atoms with Crippen LogP contribution < -0.4 is 10.9 Å². The number of aryl methyl sites for hydroxylation is 1. The van der Waals surface area contributed by atoms with Gasteiger partial charge in [-0.2, -0.15) is 13.2 Å². The van der Waals surface area contributed by atoms with Gasteiger partial charge in [0, 0.05) is 28.2 Å². The highest BCUT2D eigenvalue weighted by Crippen LogP contribution is 2.57. The number of hydrogen-bond donors (Lipinski definition) is 4. The lowest BCUT2D eigenvalue weighted by molar-refractivity contribution is -0.276. The summed E-state index contributed by atoms with van der Waals surface area (Å²) >= 11 is 0. The molecule has 0 bridgehead atoms. The zero-order chi connectivity index (χ0) is 23.6. The molecule has 170 valence electrons. The number of nitrogens with one attached hydrogen (secondary N) is 2. The second-order valence-corrected chi connectivity index (χ2v) is 8.95. The minimum Gasteiger partial charge on any atom is -0.505 e. The molecule has 0 fully saturated rings. The summed E-state index contributed by atoms with van der Waals surface area (Å²) in [5.41, 5.74) is -4.95. The number of alkyl halides is 3. The minimum atomic E-state index is -5.04. The Kier molecular flexibility index (Phi) is 4.82. The summed E-state index contributed by atoms with van der Waals surface area (Å²) < 4.78 is 57.4. The van der Waals surface area contributed by atoms with Crippen LogP contribution in [0, 0.1) is 12.7 Å². The van der Waals surface area contributed by atoms with Crippen molar-refractivity contribution in [3.8, 4) is 5.75 Å². The molecule has 0 saturated carbocycles. The van der Waals surface area contributed by atoms with Gasteiger partial charge in [-0.3, -0.25) is 4.79 Å². The number of fused-ring (bicyclic) bond motifs is 2. The molecule has 4 rings (SSSR count). The average Bonchev–Trinajstić information content (AvgIpc) is 2.68. The molecule has 2 aromatic carbocycles. The second-order valence-electron chi connectivity index (χ2n) is 8.95. The van der Waals surface area contributed by atoms with Crippen molar-refractivity contribution in [1.82, 2.24) is 4.98 Å². The molecule has 3 aromatic rings. The number of phenolic OH excluding ortho intramolecular Hbond substituents is 1. The second kappa shape index (κ2) is 6.96. The molecule has 0 amide bonds. The molecule has 1 aliphatic carbocycles. The minimum absolute atomic E-state index is 0.00473. The Bertz CT molecular complexity index is 1280. The molecular formula is C23H22F4N2O3. The van der Waals surface area contributed by atoms with Crippen molar-refractivity contribution in [2.45, 2.75) is 50.4 Å². The summed E-state index contributed by atoms with van der Waals surface area (Å²) in [5, 5.41) is 24.9. The highest BCUT2D eigenvalue weighted by atomic mass is 19.4. The molecule has 32 heavy (non-hydrogen) atoms. The topological polar surface area (TPSA) is 85.3 Å². The fourth-order valence-corrected chi connectivity index (χ4v) is 4.83. The maximum atomic E-state index is 14.5. The number of anilines is 1. The number of aromatic amines is 1. The van der Waals surface area contributed by atoms with Crippen molar-refractivity contribution in [3.63, 3.8) is 0 Å². The molecule has 1 aliphatic rings. The van der Waals surface area contributed by atoms with Crippen LogP contribution in [-0.2, 0) is 5.41 Å². The number of hydrogen-bond acceptors (Lipinski definition) is 4. The molecule has 0 aliphatic heterocycles. The van der Waals surface area contributed by atoms with Crippen LogP contribution in [0.25, 0.3) is 10.8 Å². The summed E-state index contributed by atoms with van der Waals surface area (Å²) in [6.07, 6.45) is -4.48. The first-order valence-corrected chi connectivity index (χ1v) is 9.96. The number of pyridine rings is 1. The molecule has 2 unspecified atom stereocenters. The third kappa shape index (κ3) is 3.14. The third-order valence-electron chi connectivity index (χ3n) is 6.23. The van der Waals surface area contributed by atoms with E-state index < -0.39 is 46.8 Å². The Hall–Kier alpha value is -3.07. The Labute approximate surface area is 180 Å². The zero-order valence-electron chi connectivity index (χ0n) is 17.6. The Morgan fingerprint density at radius 2 is 1.88 bits per heavy atom. The van der Waals surface area contributed by atoms with E-state index in [-0.39, 0.29) is 27.8 Å². The van der Waals surface area contributed by atoms with Gasteiger partial charge in [0.05, 0.1) is 6.04 Å². The first-order chi connectivity index (χ1) is 14.8. The van der Waals surface area contributed by atoms with E-state index in [1.54, 1.807) is 0 Å². The molecular weight excluding hydrogens is 428 g/mol. The normalized spacial score (nSPS) is 22.6. The van der Waals surface area contributed by atoms with Gasteiger partial charge in [-0.1, -0.05) is 26.0 Å². The van der Waals surface area contributed by atoms with Crippen LogP contribution in [0.5, 0.6) is 5.75 Å². The number of halogens is 4. The van der Waals surface area contributed by atoms with Crippen molar-refractivity contribution >= 4 is 16.5 Å². The summed E-state index contributed by atoms with van der Waals surface area (Å²) in [4.78, 5) is 14.6. The van der Waals surface area contributed by atoms with Crippen LogP contribution in [0.1, 0.15) is 43.0 Å². The highest BCUT2D eigenvalue weighted by molar-refractivity contribution is 5.93. The predicted octanol–water partition coefficient (Wildman–Crippen LogP) is 4.81. The van der Waals surface area contributed by atoms with E-state index in [4.69, 9.17) is 0 Å². The largest absolute Gasteiger partial charge is 0.505 e. The van der Waals surface area contributed by atoms with Gasteiger partial charge in [0.15, 0.2) is 17.2 Å². The number of benzene rings is 2. The maximum absolute atomic E-state index is 14.5. The fourth-order valence-electron chi connectivity index (χ4n) is 4.83. The predicted molar refractivity (Wildman–Crippen MR) is 112 cm³/mol. The number of rotatable bonds is 2. The summed E-state index contributed by atoms with van der Waals surface area (Å²) in [7, 11) is 0. The van der Waals surface area contributed by atoms with Gasteiger partial charge in [-0.25, -0.2) is 4.39 Å². The molecule has 1 aromatic heterocycles. The summed E-state index contributed by atoms with van der Waals surface area (Å²) in [6, 6.07) is 5.52. The molecule has 0 spiro atoms. The van der Waals surface area contributed by atoms with Gasteiger partial charge in [0.2, 0.25) is 0 Å². The number of aromatic hydroxyl groups is 1. The lowest BCUT2D eigenvalue weighted by atomic mass is 9.63. The third-order valence-corrected chi connectivity index (χ3v) is 6.23. The van der Waals surface area contributed by atoms with Crippen molar-refractivity contribution in [1.29, 1.82) is 0 Å². The van der Waals surface area contributed by atoms with Gasteiger partial charge >= 0.3 is 6.18 Å². The maximum Gasteiger partial charge on any atom is 0.419 e. The van der Waals surface area contributed by atoms with Crippen LogP contribution in [-0.4, -0.2) is 27.0 Å². The van der Waals surface area contributed by atoms with Gasteiger partial charge in [0.1, 0.15) is 0 Å². The molecule has 0 radical (unpaired) electrons. The first kappa shape index (κ1) is 22.1.